The number of imidazole rings is 1. The number of nitrogens with zero attached hydrogens (tertiary/aromatic N) is 5. The molecule has 2 fully saturated rings. The molecular weight excluding hydrogens is 650 g/mol. The van der Waals surface area contributed by atoms with Gasteiger partial charge in [-0.2, -0.15) is 13.2 Å². The largest absolute Gasteiger partial charge is 0.411 e. The summed E-state index contributed by atoms with van der Waals surface area (Å²) in [6, 6.07) is 22.9. The van der Waals surface area contributed by atoms with Crippen LogP contribution in [0.25, 0.3) is 11.0 Å². The fraction of sp³-hybridized carbons (Fsp3) is 0.429. The van der Waals surface area contributed by atoms with Crippen LogP contribution in [0, 0.1) is 0 Å². The van der Waals surface area contributed by atoms with Crippen LogP contribution in [0.1, 0.15) is 35.2 Å². The smallest absolute Gasteiger partial charge is 0.370 e. The first-order chi connectivity index (χ1) is 22.6. The molecule has 0 aliphatic carbocycles. The third-order valence-corrected chi connectivity index (χ3v) is 10.1. The van der Waals surface area contributed by atoms with Crippen molar-refractivity contribution in [3.8, 4) is 0 Å². The Balaban J connectivity index is 1.15. The van der Waals surface area contributed by atoms with Gasteiger partial charge < -0.3 is 24.0 Å². The molecular formula is C35H38Cl2F3N5O2. The quantitative estimate of drug-likeness (QED) is 0.164. The number of rotatable bonds is 10. The number of hydrogen-bond donors (Lipinski definition) is 0. The molecule has 1 atom stereocenters. The number of carbonyl (C=O) groups excluding carboxylic acids is 1. The van der Waals surface area contributed by atoms with Gasteiger partial charge in [0.2, 0.25) is 5.95 Å². The lowest BCUT2D eigenvalue weighted by atomic mass is 9.76. The highest BCUT2D eigenvalue weighted by Crippen LogP contribution is 2.41. The molecule has 0 bridgehead atoms. The summed E-state index contributed by atoms with van der Waals surface area (Å²) in [6.07, 6.45) is -1.78. The van der Waals surface area contributed by atoms with Gasteiger partial charge in [0.1, 0.15) is 6.61 Å². The number of aromatic nitrogens is 2. The predicted molar refractivity (Wildman–Crippen MR) is 180 cm³/mol. The monoisotopic (exact) mass is 687 g/mol. The highest BCUT2D eigenvalue weighted by molar-refractivity contribution is 6.42. The second kappa shape index (κ2) is 14.4. The summed E-state index contributed by atoms with van der Waals surface area (Å²) in [5.41, 5.74) is 3.18. The lowest BCUT2D eigenvalue weighted by molar-refractivity contribution is -0.174. The maximum absolute atomic E-state index is 13.4. The van der Waals surface area contributed by atoms with E-state index in [-0.39, 0.29) is 24.5 Å². The van der Waals surface area contributed by atoms with E-state index >= 15 is 0 Å². The number of hydrogen-bond acceptors (Lipinski definition) is 5. The number of ether oxygens (including phenoxy) is 1. The number of anilines is 1. The third-order valence-electron chi connectivity index (χ3n) is 9.33. The Kier molecular flexibility index (Phi) is 10.3. The lowest BCUT2D eigenvalue weighted by Crippen LogP contribution is -2.39. The average molecular weight is 689 g/mol. The first-order valence-electron chi connectivity index (χ1n) is 16.0. The van der Waals surface area contributed by atoms with Crippen molar-refractivity contribution in [1.29, 1.82) is 0 Å². The first kappa shape index (κ1) is 33.6. The standard InChI is InChI=1S/C35H38Cl2F3N5O2/c36-28-12-11-27(23-29(28)37)34(14-18-44(24-34)32(46)26-7-2-1-3-8-26)13-17-42-15-6-16-43(20-19-42)33-41-30-9-4-5-10-31(30)45(33)21-22-47-25-35(38,39)40/h1-5,7-12,23H,6,13-22,24-25H2. The van der Waals surface area contributed by atoms with E-state index in [1.54, 1.807) is 0 Å². The third kappa shape index (κ3) is 7.88. The van der Waals surface area contributed by atoms with E-state index in [0.29, 0.717) is 28.7 Å². The minimum absolute atomic E-state index is 0.0321. The van der Waals surface area contributed by atoms with Crippen molar-refractivity contribution in [3.05, 3.63) is 94.0 Å². The molecule has 7 nitrogen and oxygen atoms in total. The van der Waals surface area contributed by atoms with Gasteiger partial charge in [0.05, 0.1) is 27.7 Å². The van der Waals surface area contributed by atoms with Crippen LogP contribution >= 0.6 is 23.2 Å². The van der Waals surface area contributed by atoms with Crippen molar-refractivity contribution in [2.24, 2.45) is 0 Å². The Morgan fingerprint density at radius 2 is 1.68 bits per heavy atom. The van der Waals surface area contributed by atoms with Gasteiger partial charge in [0.25, 0.3) is 5.91 Å². The number of fused-ring (bicyclic) bond motifs is 1. The summed E-state index contributed by atoms with van der Waals surface area (Å²) in [7, 11) is 0. The van der Waals surface area contributed by atoms with Gasteiger partial charge >= 0.3 is 6.18 Å². The van der Waals surface area contributed by atoms with Crippen molar-refractivity contribution in [1.82, 2.24) is 19.4 Å². The van der Waals surface area contributed by atoms with Crippen LogP contribution in [0.3, 0.4) is 0 Å². The molecule has 6 rings (SSSR count). The van der Waals surface area contributed by atoms with E-state index in [0.717, 1.165) is 74.5 Å². The molecule has 0 spiro atoms. The first-order valence-corrected chi connectivity index (χ1v) is 16.7. The fourth-order valence-electron chi connectivity index (χ4n) is 6.85. The number of amides is 1. The molecule has 0 saturated carbocycles. The van der Waals surface area contributed by atoms with Gasteiger partial charge in [-0.3, -0.25) is 4.79 Å². The number of likely N-dealkylation sites (tertiary alicyclic amines) is 1. The molecule has 12 heteroatoms. The number of alkyl halides is 3. The van der Waals surface area contributed by atoms with Crippen LogP contribution in [-0.4, -0.2) is 90.5 Å². The lowest BCUT2D eigenvalue weighted by Gasteiger charge is -2.33. The number of para-hydroxylation sites is 2. The minimum Gasteiger partial charge on any atom is -0.370 e. The van der Waals surface area contributed by atoms with Crippen LogP contribution in [0.5, 0.6) is 0 Å². The van der Waals surface area contributed by atoms with Crippen LogP contribution in [0.4, 0.5) is 19.1 Å². The Hall–Kier alpha value is -3.31. The van der Waals surface area contributed by atoms with Gasteiger partial charge in [-0.05, 0) is 74.3 Å². The second-order valence-electron chi connectivity index (χ2n) is 12.4. The molecule has 3 aromatic carbocycles. The highest BCUT2D eigenvalue weighted by Gasteiger charge is 2.42. The normalized spacial score (nSPS) is 19.4. The zero-order valence-electron chi connectivity index (χ0n) is 26.1. The topological polar surface area (TPSA) is 53.8 Å². The summed E-state index contributed by atoms with van der Waals surface area (Å²) in [6.45, 7) is 4.24. The molecule has 250 valence electrons. The molecule has 2 aliphatic rings. The van der Waals surface area contributed by atoms with Gasteiger partial charge in [0, 0.05) is 50.2 Å². The minimum atomic E-state index is -4.36. The van der Waals surface area contributed by atoms with Crippen LogP contribution in [0.15, 0.2) is 72.8 Å². The van der Waals surface area contributed by atoms with Crippen molar-refractivity contribution in [3.63, 3.8) is 0 Å². The van der Waals surface area contributed by atoms with Crippen molar-refractivity contribution in [2.75, 3.05) is 63.9 Å². The van der Waals surface area contributed by atoms with E-state index < -0.39 is 12.8 Å². The molecule has 2 saturated heterocycles. The van der Waals surface area contributed by atoms with E-state index in [4.69, 9.17) is 32.9 Å². The summed E-state index contributed by atoms with van der Waals surface area (Å²) < 4.78 is 45.0. The molecule has 0 N–H and O–H groups in total. The zero-order chi connectivity index (χ0) is 33.0. The zero-order valence-corrected chi connectivity index (χ0v) is 27.6. The molecule has 0 radical (unpaired) electrons. The predicted octanol–water partition coefficient (Wildman–Crippen LogP) is 7.31. The SMILES string of the molecule is O=C(c1ccccc1)N1CCC(CCN2CCCN(c3nc4ccccc4n3CCOCC(F)(F)F)CC2)(c2ccc(Cl)c(Cl)c2)C1. The van der Waals surface area contributed by atoms with Crippen molar-refractivity contribution in [2.45, 2.75) is 37.4 Å². The van der Waals surface area contributed by atoms with Crippen molar-refractivity contribution < 1.29 is 22.7 Å². The number of carbonyl (C=O) groups is 1. The van der Waals surface area contributed by atoms with Crippen LogP contribution < -0.4 is 4.90 Å². The maximum atomic E-state index is 13.4. The molecule has 1 aromatic heterocycles. The number of halogens is 5. The molecule has 47 heavy (non-hydrogen) atoms. The van der Waals surface area contributed by atoms with Crippen LogP contribution in [-0.2, 0) is 16.7 Å². The van der Waals surface area contributed by atoms with E-state index in [1.807, 2.05) is 82.3 Å². The molecule has 4 aromatic rings. The van der Waals surface area contributed by atoms with Crippen LogP contribution in [0.2, 0.25) is 10.0 Å². The maximum Gasteiger partial charge on any atom is 0.411 e. The molecule has 1 unspecified atom stereocenters. The summed E-state index contributed by atoms with van der Waals surface area (Å²) in [5, 5.41) is 1.01. The Morgan fingerprint density at radius 1 is 0.894 bits per heavy atom. The summed E-state index contributed by atoms with van der Waals surface area (Å²) >= 11 is 12.8. The van der Waals surface area contributed by atoms with E-state index in [2.05, 4.69) is 9.80 Å². The second-order valence-corrected chi connectivity index (χ2v) is 13.2. The molecule has 1 amide bonds. The highest BCUT2D eigenvalue weighted by atomic mass is 35.5. The summed E-state index contributed by atoms with van der Waals surface area (Å²) in [5.74, 6) is 0.784. The Morgan fingerprint density at radius 3 is 2.47 bits per heavy atom. The Labute approximate surface area is 282 Å². The Bertz CT molecular complexity index is 1680. The van der Waals surface area contributed by atoms with E-state index in [9.17, 15) is 18.0 Å². The van der Waals surface area contributed by atoms with Gasteiger partial charge in [0.15, 0.2) is 0 Å². The summed E-state index contributed by atoms with van der Waals surface area (Å²) in [4.78, 5) is 25.0. The van der Waals surface area contributed by atoms with E-state index in [1.165, 1.54) is 0 Å². The molecule has 3 heterocycles. The van der Waals surface area contributed by atoms with Gasteiger partial charge in [-0.25, -0.2) is 4.98 Å². The van der Waals surface area contributed by atoms with Crippen molar-refractivity contribution >= 4 is 46.1 Å². The fourth-order valence-corrected chi connectivity index (χ4v) is 7.15. The van der Waals surface area contributed by atoms with Gasteiger partial charge in [-0.1, -0.05) is 59.6 Å². The average Bonchev–Trinajstić information content (AvgIpc) is 3.58. The molecule has 2 aliphatic heterocycles. The number of benzene rings is 3. The van der Waals surface area contributed by atoms with Gasteiger partial charge in [-0.15, -0.1) is 0 Å².